The first-order valence-electron chi connectivity index (χ1n) is 13.6. The number of nitrogens with one attached hydrogen (secondary N) is 1. The highest BCUT2D eigenvalue weighted by Gasteiger charge is 2.32. The summed E-state index contributed by atoms with van der Waals surface area (Å²) in [4.78, 5) is 25.5. The molecule has 3 aromatic rings. The number of carbonyl (C=O) groups is 2. The summed E-state index contributed by atoms with van der Waals surface area (Å²) in [7, 11) is 2.09. The molecule has 0 bridgehead atoms. The summed E-state index contributed by atoms with van der Waals surface area (Å²) in [5.74, 6) is -0.845. The molecular formula is C32H38N2O6. The second-order valence-electron chi connectivity index (χ2n) is 10.2. The van der Waals surface area contributed by atoms with Crippen molar-refractivity contribution < 1.29 is 28.9 Å². The van der Waals surface area contributed by atoms with Crippen LogP contribution < -0.4 is 5.32 Å². The molecule has 8 nitrogen and oxygen atoms in total. The number of likely N-dealkylation sites (N-methyl/N-ethyl adjacent to an activating group) is 1. The standard InChI is InChI=1S/C32H38N2O6/c1-22(38-23(2)36)31(37)33-18-24-9-15-28(16-10-24)32-39-29(20-34(3)19-25-7-5-4-6-8-25)17-30(40-32)27-13-11-26(21-35)12-14-27/h4-16,22,29-30,32,35H,17-21H2,1-3H3,(H,33,37)/t22-,29+,30-,32-/m0/s1. The van der Waals surface area contributed by atoms with E-state index in [9.17, 15) is 14.7 Å². The van der Waals surface area contributed by atoms with Crippen molar-refractivity contribution in [3.8, 4) is 0 Å². The van der Waals surface area contributed by atoms with E-state index in [-0.39, 0.29) is 24.7 Å². The van der Waals surface area contributed by atoms with Crippen molar-refractivity contribution in [3.05, 3.63) is 107 Å². The van der Waals surface area contributed by atoms with Crippen LogP contribution in [0, 0.1) is 0 Å². The minimum atomic E-state index is -0.846. The third-order valence-corrected chi connectivity index (χ3v) is 6.86. The Morgan fingerprint density at radius 3 is 2.25 bits per heavy atom. The Kier molecular flexibility index (Phi) is 10.4. The highest BCUT2D eigenvalue weighted by atomic mass is 16.7. The third kappa shape index (κ3) is 8.47. The summed E-state index contributed by atoms with van der Waals surface area (Å²) in [6.45, 7) is 4.69. The lowest BCUT2D eigenvalue weighted by Crippen LogP contribution is -2.37. The number of ether oxygens (including phenoxy) is 3. The Hall–Kier alpha value is -3.56. The molecule has 1 aliphatic heterocycles. The first-order chi connectivity index (χ1) is 19.3. The summed E-state index contributed by atoms with van der Waals surface area (Å²) >= 11 is 0. The maximum absolute atomic E-state index is 12.2. The molecule has 212 valence electrons. The van der Waals surface area contributed by atoms with Gasteiger partial charge in [-0.1, -0.05) is 78.9 Å². The number of aliphatic hydroxyl groups is 1. The first kappa shape index (κ1) is 29.4. The molecule has 0 unspecified atom stereocenters. The molecule has 0 spiro atoms. The molecule has 0 aliphatic carbocycles. The molecule has 0 aromatic heterocycles. The van der Waals surface area contributed by atoms with Crippen molar-refractivity contribution >= 4 is 11.9 Å². The average molecular weight is 547 g/mol. The molecule has 0 radical (unpaired) electrons. The zero-order valence-electron chi connectivity index (χ0n) is 23.3. The van der Waals surface area contributed by atoms with Gasteiger partial charge in [0.15, 0.2) is 12.4 Å². The number of rotatable bonds is 11. The summed E-state index contributed by atoms with van der Waals surface area (Å²) in [5, 5.41) is 12.2. The first-order valence-corrected chi connectivity index (χ1v) is 13.6. The van der Waals surface area contributed by atoms with E-state index in [0.29, 0.717) is 13.0 Å². The largest absolute Gasteiger partial charge is 0.453 e. The molecule has 1 amide bonds. The number of carbonyl (C=O) groups excluding carboxylic acids is 2. The minimum absolute atomic E-state index is 0.0000862. The van der Waals surface area contributed by atoms with Gasteiger partial charge in [0.1, 0.15) is 0 Å². The van der Waals surface area contributed by atoms with Crippen molar-refractivity contribution in [1.82, 2.24) is 10.2 Å². The summed E-state index contributed by atoms with van der Waals surface area (Å²) in [6, 6.07) is 26.0. The highest BCUT2D eigenvalue weighted by Crippen LogP contribution is 2.38. The van der Waals surface area contributed by atoms with Gasteiger partial charge in [-0.3, -0.25) is 14.5 Å². The van der Waals surface area contributed by atoms with Crippen molar-refractivity contribution in [1.29, 1.82) is 0 Å². The lowest BCUT2D eigenvalue weighted by molar-refractivity contribution is -0.252. The number of benzene rings is 3. The van der Waals surface area contributed by atoms with Gasteiger partial charge in [-0.05, 0) is 36.2 Å². The minimum Gasteiger partial charge on any atom is -0.453 e. The van der Waals surface area contributed by atoms with Gasteiger partial charge in [-0.15, -0.1) is 0 Å². The lowest BCUT2D eigenvalue weighted by atomic mass is 9.99. The second kappa shape index (κ2) is 14.2. The van der Waals surface area contributed by atoms with E-state index in [1.165, 1.54) is 12.5 Å². The second-order valence-corrected chi connectivity index (χ2v) is 10.2. The molecular weight excluding hydrogens is 508 g/mol. The maximum atomic E-state index is 12.2. The van der Waals surface area contributed by atoms with Crippen molar-refractivity contribution in [2.75, 3.05) is 13.6 Å². The van der Waals surface area contributed by atoms with E-state index in [0.717, 1.165) is 35.3 Å². The smallest absolute Gasteiger partial charge is 0.303 e. The Bertz CT molecular complexity index is 1230. The number of aliphatic hydroxyl groups excluding tert-OH is 1. The number of esters is 1. The zero-order chi connectivity index (χ0) is 28.5. The van der Waals surface area contributed by atoms with Crippen LogP contribution in [0.4, 0.5) is 0 Å². The van der Waals surface area contributed by atoms with Crippen LogP contribution in [-0.2, 0) is 43.5 Å². The predicted molar refractivity (Wildman–Crippen MR) is 151 cm³/mol. The normalized spacial score (nSPS) is 19.7. The lowest BCUT2D eigenvalue weighted by Gasteiger charge is -2.38. The van der Waals surface area contributed by atoms with Gasteiger partial charge in [0, 0.05) is 38.5 Å². The molecule has 1 aliphatic rings. The third-order valence-electron chi connectivity index (χ3n) is 6.86. The van der Waals surface area contributed by atoms with Gasteiger partial charge in [-0.25, -0.2) is 0 Å². The quantitative estimate of drug-likeness (QED) is 0.344. The number of hydrogen-bond donors (Lipinski definition) is 2. The Labute approximate surface area is 235 Å². The Morgan fingerprint density at radius 1 is 0.950 bits per heavy atom. The fraction of sp³-hybridized carbons (Fsp3) is 0.375. The summed E-state index contributed by atoms with van der Waals surface area (Å²) in [5.41, 5.74) is 4.93. The highest BCUT2D eigenvalue weighted by molar-refractivity contribution is 5.82. The molecule has 1 heterocycles. The maximum Gasteiger partial charge on any atom is 0.303 e. The van der Waals surface area contributed by atoms with E-state index < -0.39 is 18.4 Å². The SMILES string of the molecule is CC(=O)O[C@@H](C)C(=O)NCc1ccc([C@H]2O[C@@H](CN(C)Cc3ccccc3)C[C@@H](c3ccc(CO)cc3)O2)cc1. The molecule has 2 N–H and O–H groups in total. The number of hydrogen-bond acceptors (Lipinski definition) is 7. The molecule has 8 heteroatoms. The molecule has 4 rings (SSSR count). The fourth-order valence-electron chi connectivity index (χ4n) is 4.77. The molecule has 1 fully saturated rings. The van der Waals surface area contributed by atoms with Crippen LogP contribution in [-0.4, -0.2) is 47.7 Å². The van der Waals surface area contributed by atoms with Crippen LogP contribution in [0.25, 0.3) is 0 Å². The van der Waals surface area contributed by atoms with Crippen molar-refractivity contribution in [2.45, 2.75) is 64.6 Å². The van der Waals surface area contributed by atoms with Gasteiger partial charge in [0.05, 0.1) is 18.8 Å². The van der Waals surface area contributed by atoms with Gasteiger partial charge in [0.2, 0.25) is 0 Å². The Morgan fingerprint density at radius 2 is 1.60 bits per heavy atom. The summed E-state index contributed by atoms with van der Waals surface area (Å²) < 4.78 is 17.8. The van der Waals surface area contributed by atoms with Crippen molar-refractivity contribution in [2.24, 2.45) is 0 Å². The van der Waals surface area contributed by atoms with E-state index in [2.05, 4.69) is 29.4 Å². The monoisotopic (exact) mass is 546 g/mol. The number of nitrogens with zero attached hydrogens (tertiary/aromatic N) is 1. The molecule has 40 heavy (non-hydrogen) atoms. The zero-order valence-corrected chi connectivity index (χ0v) is 23.3. The van der Waals surface area contributed by atoms with Gasteiger partial charge < -0.3 is 24.6 Å². The average Bonchev–Trinajstić information content (AvgIpc) is 2.96. The fourth-order valence-corrected chi connectivity index (χ4v) is 4.77. The molecule has 1 saturated heterocycles. The van der Waals surface area contributed by atoms with Crippen LogP contribution in [0.3, 0.4) is 0 Å². The van der Waals surface area contributed by atoms with E-state index in [4.69, 9.17) is 14.2 Å². The van der Waals surface area contributed by atoms with Crippen LogP contribution in [0.2, 0.25) is 0 Å². The van der Waals surface area contributed by atoms with Crippen LogP contribution >= 0.6 is 0 Å². The predicted octanol–water partition coefficient (Wildman–Crippen LogP) is 4.42. The number of amides is 1. The molecule has 0 saturated carbocycles. The van der Waals surface area contributed by atoms with Crippen LogP contribution in [0.1, 0.15) is 60.5 Å². The molecule has 4 atom stereocenters. The van der Waals surface area contributed by atoms with Gasteiger partial charge >= 0.3 is 5.97 Å². The Balaban J connectivity index is 1.44. The topological polar surface area (TPSA) is 97.3 Å². The van der Waals surface area contributed by atoms with Gasteiger partial charge in [0.25, 0.3) is 5.91 Å². The van der Waals surface area contributed by atoms with E-state index >= 15 is 0 Å². The molecule has 3 aromatic carbocycles. The van der Waals surface area contributed by atoms with Gasteiger partial charge in [-0.2, -0.15) is 0 Å². The van der Waals surface area contributed by atoms with Crippen molar-refractivity contribution in [3.63, 3.8) is 0 Å². The van der Waals surface area contributed by atoms with E-state index in [1.807, 2.05) is 66.7 Å². The van der Waals surface area contributed by atoms with Crippen LogP contribution in [0.15, 0.2) is 78.9 Å². The summed E-state index contributed by atoms with van der Waals surface area (Å²) in [6.07, 6.45) is -0.918. The van der Waals surface area contributed by atoms with E-state index in [1.54, 1.807) is 6.92 Å². The van der Waals surface area contributed by atoms with Crippen LogP contribution in [0.5, 0.6) is 0 Å².